The number of aryl methyl sites for hydroxylation is 2. The molecule has 48 heavy (non-hydrogen) atoms. The van der Waals surface area contributed by atoms with Gasteiger partial charge >= 0.3 is 0 Å². The summed E-state index contributed by atoms with van der Waals surface area (Å²) in [6, 6.07) is 53.3. The van der Waals surface area contributed by atoms with Crippen molar-refractivity contribution in [1.82, 2.24) is 4.90 Å². The van der Waals surface area contributed by atoms with Crippen LogP contribution < -0.4 is 0 Å². The van der Waals surface area contributed by atoms with E-state index in [4.69, 9.17) is 4.99 Å². The van der Waals surface area contributed by atoms with Gasteiger partial charge in [0.2, 0.25) is 0 Å². The van der Waals surface area contributed by atoms with E-state index in [1.165, 1.54) is 61.2 Å². The van der Waals surface area contributed by atoms with Crippen molar-refractivity contribution in [2.24, 2.45) is 4.99 Å². The third kappa shape index (κ3) is 5.18. The number of amidine groups is 1. The number of allylic oxidation sites excluding steroid dienone is 1. The van der Waals surface area contributed by atoms with Crippen LogP contribution in [0.5, 0.6) is 0 Å². The van der Waals surface area contributed by atoms with Crippen molar-refractivity contribution in [2.45, 2.75) is 39.2 Å². The Hall–Kier alpha value is -5.47. The van der Waals surface area contributed by atoms with E-state index in [-0.39, 0.29) is 6.04 Å². The largest absolute Gasteiger partial charge is 0.352 e. The van der Waals surface area contributed by atoms with E-state index in [0.29, 0.717) is 0 Å². The number of hydrogen-bond donors (Lipinski definition) is 0. The normalized spacial score (nSPS) is 13.8. The second-order valence-corrected chi connectivity index (χ2v) is 13.1. The van der Waals surface area contributed by atoms with Crippen LogP contribution in [0.4, 0.5) is 0 Å². The molecule has 6 aromatic carbocycles. The van der Waals surface area contributed by atoms with E-state index in [1.54, 1.807) is 0 Å². The van der Waals surface area contributed by atoms with Crippen LogP contribution in [0.3, 0.4) is 0 Å². The zero-order valence-electron chi connectivity index (χ0n) is 28.5. The minimum absolute atomic E-state index is 0.0763. The maximum absolute atomic E-state index is 5.09. The highest BCUT2D eigenvalue weighted by Gasteiger charge is 2.46. The smallest absolute Gasteiger partial charge is 0.136 e. The molecule has 236 valence electrons. The summed E-state index contributed by atoms with van der Waals surface area (Å²) in [4.78, 5) is 7.39. The molecule has 0 radical (unpaired) electrons. The van der Waals surface area contributed by atoms with Crippen molar-refractivity contribution >= 4 is 5.84 Å². The molecule has 7 rings (SSSR count). The van der Waals surface area contributed by atoms with Crippen molar-refractivity contribution in [3.63, 3.8) is 0 Å². The molecule has 0 spiro atoms. The van der Waals surface area contributed by atoms with E-state index in [0.717, 1.165) is 17.1 Å². The van der Waals surface area contributed by atoms with E-state index < -0.39 is 5.41 Å². The summed E-state index contributed by atoms with van der Waals surface area (Å²) >= 11 is 0. The van der Waals surface area contributed by atoms with E-state index in [9.17, 15) is 0 Å². The molecule has 0 bridgehead atoms. The molecule has 0 heterocycles. The molecule has 1 aliphatic carbocycles. The molecule has 0 fully saturated rings. The molecular formula is C46H42N2. The summed E-state index contributed by atoms with van der Waals surface area (Å²) in [6.45, 7) is 12.8. The zero-order valence-corrected chi connectivity index (χ0v) is 28.5. The summed E-state index contributed by atoms with van der Waals surface area (Å²) in [6.07, 6.45) is 0. The number of nitrogens with zero attached hydrogens (tertiary/aromatic N) is 2. The first-order valence-corrected chi connectivity index (χ1v) is 16.8. The second-order valence-electron chi connectivity index (χ2n) is 13.1. The van der Waals surface area contributed by atoms with Crippen molar-refractivity contribution in [1.29, 1.82) is 0 Å². The lowest BCUT2D eigenvalue weighted by Gasteiger charge is -2.35. The van der Waals surface area contributed by atoms with Crippen LogP contribution in [0.15, 0.2) is 163 Å². The predicted molar refractivity (Wildman–Crippen MR) is 203 cm³/mol. The summed E-state index contributed by atoms with van der Waals surface area (Å²) in [5.74, 6) is 0.903. The second kappa shape index (κ2) is 12.6. The van der Waals surface area contributed by atoms with Crippen LogP contribution in [-0.4, -0.2) is 17.8 Å². The molecule has 0 saturated heterocycles. The first-order chi connectivity index (χ1) is 23.3. The van der Waals surface area contributed by atoms with Gasteiger partial charge in [-0.3, -0.25) is 0 Å². The average Bonchev–Trinajstić information content (AvgIpc) is 3.42. The van der Waals surface area contributed by atoms with Crippen molar-refractivity contribution in [3.05, 3.63) is 202 Å². The van der Waals surface area contributed by atoms with Crippen LogP contribution in [0.2, 0.25) is 0 Å². The Morgan fingerprint density at radius 3 is 1.79 bits per heavy atom. The third-order valence-electron chi connectivity index (χ3n) is 10.1. The summed E-state index contributed by atoms with van der Waals surface area (Å²) < 4.78 is 0. The van der Waals surface area contributed by atoms with Crippen molar-refractivity contribution in [2.75, 3.05) is 7.05 Å². The number of hydrogen-bond acceptors (Lipinski definition) is 1. The fourth-order valence-corrected chi connectivity index (χ4v) is 7.66. The fourth-order valence-electron chi connectivity index (χ4n) is 7.66. The van der Waals surface area contributed by atoms with Gasteiger partial charge in [0.1, 0.15) is 5.84 Å². The Morgan fingerprint density at radius 1 is 0.604 bits per heavy atom. The lowest BCUT2D eigenvalue weighted by Crippen LogP contribution is -2.32. The van der Waals surface area contributed by atoms with Crippen LogP contribution in [0, 0.1) is 13.8 Å². The van der Waals surface area contributed by atoms with Gasteiger partial charge in [-0.1, -0.05) is 146 Å². The van der Waals surface area contributed by atoms with Crippen molar-refractivity contribution < 1.29 is 0 Å². The van der Waals surface area contributed by atoms with Crippen LogP contribution in [-0.2, 0) is 5.41 Å². The number of rotatable bonds is 7. The van der Waals surface area contributed by atoms with E-state index in [2.05, 4.69) is 185 Å². The van der Waals surface area contributed by atoms with Crippen molar-refractivity contribution in [3.8, 4) is 22.3 Å². The molecule has 1 atom stereocenters. The summed E-state index contributed by atoms with van der Waals surface area (Å²) in [5, 5.41) is 0. The highest BCUT2D eigenvalue weighted by Crippen LogP contribution is 2.56. The first kappa shape index (κ1) is 31.1. The third-order valence-corrected chi connectivity index (χ3v) is 10.1. The molecule has 2 heteroatoms. The lowest BCUT2D eigenvalue weighted by atomic mass is 9.67. The quantitative estimate of drug-likeness (QED) is 0.128. The molecular weight excluding hydrogens is 581 g/mol. The maximum atomic E-state index is 5.09. The Balaban J connectivity index is 1.34. The average molecular weight is 623 g/mol. The molecule has 0 aliphatic heterocycles. The van der Waals surface area contributed by atoms with Crippen LogP contribution in [0.25, 0.3) is 22.3 Å². The number of fused-ring (bicyclic) bond motifs is 3. The van der Waals surface area contributed by atoms with E-state index in [1.807, 2.05) is 6.92 Å². The van der Waals surface area contributed by atoms with Gasteiger partial charge in [0, 0.05) is 18.3 Å². The lowest BCUT2D eigenvalue weighted by molar-refractivity contribution is 0.402. The molecule has 2 nitrogen and oxygen atoms in total. The predicted octanol–water partition coefficient (Wildman–Crippen LogP) is 11.3. The minimum atomic E-state index is -0.467. The molecule has 1 aliphatic rings. The van der Waals surface area contributed by atoms with Gasteiger partial charge in [0.05, 0.1) is 11.5 Å². The monoisotopic (exact) mass is 622 g/mol. The summed E-state index contributed by atoms with van der Waals surface area (Å²) in [7, 11) is 2.15. The molecule has 6 aromatic rings. The van der Waals surface area contributed by atoms with Gasteiger partial charge in [-0.15, -0.1) is 0 Å². The van der Waals surface area contributed by atoms with Gasteiger partial charge in [-0.25, -0.2) is 4.99 Å². The Kier molecular flexibility index (Phi) is 8.19. The first-order valence-electron chi connectivity index (χ1n) is 16.8. The highest BCUT2D eigenvalue weighted by molar-refractivity contribution is 6.00. The highest BCUT2D eigenvalue weighted by atomic mass is 15.2. The molecule has 0 N–H and O–H groups in total. The van der Waals surface area contributed by atoms with Gasteiger partial charge < -0.3 is 4.90 Å². The van der Waals surface area contributed by atoms with Gasteiger partial charge in [-0.05, 0) is 95.0 Å². The Morgan fingerprint density at radius 2 is 1.17 bits per heavy atom. The fraction of sp³-hybridized carbons (Fsp3) is 0.152. The molecule has 0 amide bonds. The molecule has 0 aromatic heterocycles. The minimum Gasteiger partial charge on any atom is -0.352 e. The van der Waals surface area contributed by atoms with Gasteiger partial charge in [0.15, 0.2) is 0 Å². The molecule has 1 unspecified atom stereocenters. The van der Waals surface area contributed by atoms with Crippen LogP contribution in [0.1, 0.15) is 64.4 Å². The SMILES string of the molecule is C=C(C)N=C(c1cccc(C2(c3ccccc3)c3ccccc3-c3ccccc32)c1)N(C)C(C)c1ccc(-c2ccccc2C)c(C)c1. The topological polar surface area (TPSA) is 15.6 Å². The number of aliphatic imine (C=N–C) groups is 1. The van der Waals surface area contributed by atoms with Crippen LogP contribution >= 0.6 is 0 Å². The Labute approximate surface area is 285 Å². The van der Waals surface area contributed by atoms with E-state index >= 15 is 0 Å². The maximum Gasteiger partial charge on any atom is 0.136 e. The number of benzene rings is 6. The zero-order chi connectivity index (χ0) is 33.4. The molecule has 0 saturated carbocycles. The van der Waals surface area contributed by atoms with Gasteiger partial charge in [-0.2, -0.15) is 0 Å². The summed E-state index contributed by atoms with van der Waals surface area (Å²) in [5.41, 5.74) is 15.4. The van der Waals surface area contributed by atoms with Gasteiger partial charge in [0.25, 0.3) is 0 Å². The Bertz CT molecular complexity index is 2130. The standard InChI is InChI=1S/C46H42N2/c1-31(2)47-45(48(6)34(5)35-27-28-40(33(4)29-35)39-22-11-10-17-32(39)3)36-18-16-21-38(30-36)46(37-19-8-7-9-20-37)43-25-14-12-23-41(43)42-24-13-15-26-44(42)46/h7-30,34H,1H2,2-6H3.